The number of likely N-dealkylation sites (tertiary alicyclic amines) is 1. The van der Waals surface area contributed by atoms with Gasteiger partial charge in [-0.2, -0.15) is 0 Å². The van der Waals surface area contributed by atoms with E-state index in [-0.39, 0.29) is 5.91 Å². The van der Waals surface area contributed by atoms with Gasteiger partial charge in [-0.1, -0.05) is 24.3 Å². The fourth-order valence-electron chi connectivity index (χ4n) is 3.95. The second-order valence-corrected chi connectivity index (χ2v) is 7.93. The highest BCUT2D eigenvalue weighted by molar-refractivity contribution is 6.07. The van der Waals surface area contributed by atoms with Crippen molar-refractivity contribution in [3.8, 4) is 5.75 Å². The number of pyridine rings is 1. The maximum absolute atomic E-state index is 13.0. The molecule has 7 nitrogen and oxygen atoms in total. The molecule has 1 aliphatic rings. The van der Waals surface area contributed by atoms with Gasteiger partial charge in [0, 0.05) is 48.4 Å². The number of aromatic nitrogens is 1. The minimum atomic E-state index is -0.195. The van der Waals surface area contributed by atoms with Crippen LogP contribution in [0.5, 0.6) is 5.75 Å². The third-order valence-corrected chi connectivity index (χ3v) is 5.72. The van der Waals surface area contributed by atoms with Gasteiger partial charge in [-0.3, -0.25) is 14.7 Å². The molecule has 33 heavy (non-hydrogen) atoms. The van der Waals surface area contributed by atoms with Crippen molar-refractivity contribution in [2.24, 2.45) is 4.99 Å². The summed E-state index contributed by atoms with van der Waals surface area (Å²) in [7, 11) is 3.45. The molecule has 4 rings (SSSR count). The molecule has 1 saturated heterocycles. The van der Waals surface area contributed by atoms with Crippen molar-refractivity contribution < 1.29 is 9.53 Å². The number of rotatable bonds is 8. The van der Waals surface area contributed by atoms with Gasteiger partial charge in [-0.25, -0.2) is 4.98 Å². The topological polar surface area (TPSA) is 78.8 Å². The molecule has 0 atom stereocenters. The molecule has 2 heterocycles. The minimum Gasteiger partial charge on any atom is -0.496 e. The fraction of sp³-hybridized carbons (Fsp3) is 0.269. The molecule has 1 amide bonds. The summed E-state index contributed by atoms with van der Waals surface area (Å²) in [6, 6.07) is 16.9. The van der Waals surface area contributed by atoms with Gasteiger partial charge in [0.2, 0.25) is 0 Å². The zero-order valence-corrected chi connectivity index (χ0v) is 19.0. The smallest absolute Gasteiger partial charge is 0.255 e. The second kappa shape index (κ2) is 10.7. The number of carbonyl (C=O) groups is 1. The molecule has 2 aromatic carbocycles. The van der Waals surface area contributed by atoms with Crippen LogP contribution in [0.1, 0.15) is 34.3 Å². The number of methoxy groups -OCH3 is 1. The number of nitrogens with one attached hydrogen (secondary N) is 2. The average Bonchev–Trinajstić information content (AvgIpc) is 3.37. The zero-order chi connectivity index (χ0) is 23.0. The van der Waals surface area contributed by atoms with Crippen LogP contribution in [0.25, 0.3) is 0 Å². The SMILES string of the molecule is CNc1ncccc1N=Cc1ccccc1NC(=O)c1ccc(CN2CCCC2)c(OC)c1. The van der Waals surface area contributed by atoms with Crippen LogP contribution >= 0.6 is 0 Å². The van der Waals surface area contributed by atoms with Crippen molar-refractivity contribution in [2.75, 3.05) is 37.9 Å². The molecule has 7 heteroatoms. The predicted octanol–water partition coefficient (Wildman–Crippen LogP) is 4.73. The van der Waals surface area contributed by atoms with E-state index >= 15 is 0 Å². The molecule has 0 aliphatic carbocycles. The van der Waals surface area contributed by atoms with Gasteiger partial charge in [0.25, 0.3) is 5.91 Å². The van der Waals surface area contributed by atoms with Crippen LogP contribution < -0.4 is 15.4 Å². The lowest BCUT2D eigenvalue weighted by Crippen LogP contribution is -2.19. The first-order chi connectivity index (χ1) is 16.2. The first-order valence-electron chi connectivity index (χ1n) is 11.1. The van der Waals surface area contributed by atoms with E-state index in [2.05, 4.69) is 25.5 Å². The Balaban J connectivity index is 1.51. The molecule has 0 spiro atoms. The van der Waals surface area contributed by atoms with Gasteiger partial charge in [0.05, 0.1) is 7.11 Å². The van der Waals surface area contributed by atoms with Crippen LogP contribution in [0, 0.1) is 0 Å². The second-order valence-electron chi connectivity index (χ2n) is 7.93. The molecule has 0 bridgehead atoms. The molecule has 3 aromatic rings. The summed E-state index contributed by atoms with van der Waals surface area (Å²) in [6.45, 7) is 3.06. The standard InChI is InChI=1S/C26H29N5O2/c1-27-25-23(10-7-13-28-25)29-17-20-8-3-4-9-22(20)30-26(32)19-11-12-21(24(16-19)33-2)18-31-14-5-6-15-31/h3-4,7-13,16-17H,5-6,14-15,18H2,1-2H3,(H,27,28)(H,30,32). The zero-order valence-electron chi connectivity index (χ0n) is 19.0. The van der Waals surface area contributed by atoms with Crippen LogP contribution in [0.2, 0.25) is 0 Å². The van der Waals surface area contributed by atoms with Crippen LogP contribution in [0.4, 0.5) is 17.2 Å². The van der Waals surface area contributed by atoms with E-state index < -0.39 is 0 Å². The number of carbonyl (C=O) groups excluding carboxylic acids is 1. The Bertz CT molecular complexity index is 1140. The Morgan fingerprint density at radius 1 is 1.15 bits per heavy atom. The van der Waals surface area contributed by atoms with E-state index in [1.165, 1.54) is 12.8 Å². The summed E-state index contributed by atoms with van der Waals surface area (Å²) in [5.74, 6) is 1.23. The number of benzene rings is 2. The maximum Gasteiger partial charge on any atom is 0.255 e. The summed E-state index contributed by atoms with van der Waals surface area (Å²) in [5, 5.41) is 6.04. The van der Waals surface area contributed by atoms with E-state index in [0.717, 1.165) is 42.2 Å². The van der Waals surface area contributed by atoms with E-state index in [0.29, 0.717) is 17.1 Å². The van der Waals surface area contributed by atoms with Crippen molar-refractivity contribution in [3.63, 3.8) is 0 Å². The third kappa shape index (κ3) is 5.56. The highest BCUT2D eigenvalue weighted by Gasteiger charge is 2.16. The highest BCUT2D eigenvalue weighted by Crippen LogP contribution is 2.25. The molecule has 1 fully saturated rings. The van der Waals surface area contributed by atoms with Gasteiger partial charge < -0.3 is 15.4 Å². The van der Waals surface area contributed by atoms with Gasteiger partial charge in [0.15, 0.2) is 5.82 Å². The lowest BCUT2D eigenvalue weighted by molar-refractivity contribution is 0.102. The van der Waals surface area contributed by atoms with Crippen LogP contribution in [-0.2, 0) is 6.54 Å². The number of aliphatic imine (C=N–C) groups is 1. The van der Waals surface area contributed by atoms with Crippen molar-refractivity contribution in [3.05, 3.63) is 77.5 Å². The van der Waals surface area contributed by atoms with Crippen LogP contribution in [-0.4, -0.2) is 49.3 Å². The largest absolute Gasteiger partial charge is 0.496 e. The summed E-state index contributed by atoms with van der Waals surface area (Å²) in [6.07, 6.45) is 5.92. The Labute approximate surface area is 194 Å². The Morgan fingerprint density at radius 2 is 1.97 bits per heavy atom. The van der Waals surface area contributed by atoms with Crippen LogP contribution in [0.15, 0.2) is 65.8 Å². The Kier molecular flexibility index (Phi) is 7.32. The molecular formula is C26H29N5O2. The van der Waals surface area contributed by atoms with Crippen LogP contribution in [0.3, 0.4) is 0 Å². The molecule has 0 radical (unpaired) electrons. The number of hydrogen-bond acceptors (Lipinski definition) is 6. The molecule has 1 aromatic heterocycles. The van der Waals surface area contributed by atoms with E-state index in [1.54, 1.807) is 26.6 Å². The summed E-state index contributed by atoms with van der Waals surface area (Å²) in [4.78, 5) is 24.3. The Morgan fingerprint density at radius 3 is 2.76 bits per heavy atom. The summed E-state index contributed by atoms with van der Waals surface area (Å²) >= 11 is 0. The van der Waals surface area contributed by atoms with Crippen molar-refractivity contribution >= 4 is 29.3 Å². The number of hydrogen-bond donors (Lipinski definition) is 2. The summed E-state index contributed by atoms with van der Waals surface area (Å²) < 4.78 is 5.59. The molecular weight excluding hydrogens is 414 g/mol. The normalized spacial score (nSPS) is 13.9. The third-order valence-electron chi connectivity index (χ3n) is 5.72. The fourth-order valence-corrected chi connectivity index (χ4v) is 3.95. The summed E-state index contributed by atoms with van der Waals surface area (Å²) in [5.41, 5.74) is 3.85. The number of nitrogens with zero attached hydrogens (tertiary/aromatic N) is 3. The van der Waals surface area contributed by atoms with E-state index in [9.17, 15) is 4.79 Å². The van der Waals surface area contributed by atoms with E-state index in [4.69, 9.17) is 4.74 Å². The lowest BCUT2D eigenvalue weighted by Gasteiger charge is -2.17. The van der Waals surface area contributed by atoms with Gasteiger partial charge in [0.1, 0.15) is 11.4 Å². The number of amides is 1. The number of ether oxygens (including phenoxy) is 1. The molecule has 2 N–H and O–H groups in total. The number of para-hydroxylation sites is 1. The highest BCUT2D eigenvalue weighted by atomic mass is 16.5. The first kappa shape index (κ1) is 22.5. The lowest BCUT2D eigenvalue weighted by atomic mass is 10.1. The minimum absolute atomic E-state index is 0.195. The molecule has 0 saturated carbocycles. The first-order valence-corrected chi connectivity index (χ1v) is 11.1. The maximum atomic E-state index is 13.0. The van der Waals surface area contributed by atoms with E-state index in [1.807, 2.05) is 54.6 Å². The number of anilines is 2. The van der Waals surface area contributed by atoms with Crippen molar-refractivity contribution in [2.45, 2.75) is 19.4 Å². The van der Waals surface area contributed by atoms with Gasteiger partial charge >= 0.3 is 0 Å². The van der Waals surface area contributed by atoms with Gasteiger partial charge in [-0.15, -0.1) is 0 Å². The monoisotopic (exact) mass is 443 g/mol. The quantitative estimate of drug-likeness (QED) is 0.492. The predicted molar refractivity (Wildman–Crippen MR) is 133 cm³/mol. The van der Waals surface area contributed by atoms with Gasteiger partial charge in [-0.05, 0) is 56.3 Å². The van der Waals surface area contributed by atoms with Crippen molar-refractivity contribution in [1.29, 1.82) is 0 Å². The average molecular weight is 444 g/mol. The Hall–Kier alpha value is -3.71. The van der Waals surface area contributed by atoms with Crippen molar-refractivity contribution in [1.82, 2.24) is 9.88 Å². The molecule has 1 aliphatic heterocycles. The molecule has 0 unspecified atom stereocenters. The molecule has 170 valence electrons.